The van der Waals surface area contributed by atoms with Crippen LogP contribution in [0.2, 0.25) is 0 Å². The first-order valence-corrected chi connectivity index (χ1v) is 20.6. The summed E-state index contributed by atoms with van der Waals surface area (Å²) in [4.78, 5) is 62.5. The number of para-hydroxylation sites is 1. The maximum atomic E-state index is 13.8. The van der Waals surface area contributed by atoms with E-state index in [9.17, 15) is 19.5 Å². The number of rotatable bonds is 15. The molecule has 0 radical (unpaired) electrons. The van der Waals surface area contributed by atoms with Crippen LogP contribution in [0.1, 0.15) is 88.2 Å². The van der Waals surface area contributed by atoms with Gasteiger partial charge >= 0.3 is 6.09 Å². The number of amides is 3. The Morgan fingerprint density at radius 3 is 1.76 bits per heavy atom. The maximum absolute atomic E-state index is 13.8. The first-order valence-electron chi connectivity index (χ1n) is 20.6. The molecule has 3 aromatic carbocycles. The molecule has 59 heavy (non-hydrogen) atoms. The number of nitrogens with one attached hydrogen (secondary N) is 4. The van der Waals surface area contributed by atoms with E-state index in [-0.39, 0.29) is 35.7 Å². The molecule has 2 fully saturated rings. The van der Waals surface area contributed by atoms with Crippen molar-refractivity contribution < 1.29 is 29.0 Å². The summed E-state index contributed by atoms with van der Waals surface area (Å²) in [5, 5.41) is 15.7. The normalized spacial score (nSPS) is 18.5. The van der Waals surface area contributed by atoms with Gasteiger partial charge in [-0.15, -0.1) is 0 Å². The highest BCUT2D eigenvalue weighted by Crippen LogP contribution is 2.35. The zero-order chi connectivity index (χ0) is 41.8. The molecule has 5 atom stereocenters. The van der Waals surface area contributed by atoms with Gasteiger partial charge in [-0.3, -0.25) is 14.9 Å². The summed E-state index contributed by atoms with van der Waals surface area (Å²) in [5.41, 5.74) is 6.75. The van der Waals surface area contributed by atoms with Crippen LogP contribution in [0.5, 0.6) is 0 Å². The predicted octanol–water partition coefficient (Wildman–Crippen LogP) is 5.89. The van der Waals surface area contributed by atoms with Gasteiger partial charge in [0, 0.05) is 39.0 Å². The number of aromatic amines is 2. The Hall–Kier alpha value is -5.51. The molecule has 5 unspecified atom stereocenters. The molecule has 2 aliphatic heterocycles. The number of aliphatic hydroxyl groups is 1. The summed E-state index contributed by atoms with van der Waals surface area (Å²) in [6.07, 6.45) is 1.42. The predicted molar refractivity (Wildman–Crippen MR) is 225 cm³/mol. The number of H-pyrrole nitrogens is 2. The standard InChI is InChI=1S/C44H57N9O6/c1-26(2)37(49-43(56)58-5)41(54)52-20-10-14-35(52)39-45-31-18-16-28(22-33(31)47-39)24-51(30-12-8-7-9-13-30)25-29-17-19-32-34(23-29)48-40(46-32)36-15-11-21-53(36)42(55)38(27(3)4)50-44(57)59-6/h7-9,12-13,16-19,22-23,26-27,35-38,43,49,56H,10-11,14-15,20-21,24-25H2,1-6H3,(H,45,47)(H,46,48)(H,50,57). The first kappa shape index (κ1) is 41.6. The van der Waals surface area contributed by atoms with Crippen LogP contribution in [0.15, 0.2) is 66.7 Å². The van der Waals surface area contributed by atoms with Crippen molar-refractivity contribution in [1.29, 1.82) is 0 Å². The lowest BCUT2D eigenvalue weighted by molar-refractivity contribution is -0.145. The fourth-order valence-corrected chi connectivity index (χ4v) is 8.44. The van der Waals surface area contributed by atoms with Crippen LogP contribution < -0.4 is 15.5 Å². The summed E-state index contributed by atoms with van der Waals surface area (Å²) in [6.45, 7) is 10.2. The number of ether oxygens (including phenoxy) is 2. The first-order chi connectivity index (χ1) is 28.4. The lowest BCUT2D eigenvalue weighted by Gasteiger charge is -2.31. The van der Waals surface area contributed by atoms with Crippen molar-refractivity contribution >= 4 is 45.7 Å². The fraction of sp³-hybridized carbons (Fsp3) is 0.477. The van der Waals surface area contributed by atoms with Crippen LogP contribution in [0.4, 0.5) is 10.5 Å². The molecule has 2 aromatic heterocycles. The summed E-state index contributed by atoms with van der Waals surface area (Å²) >= 11 is 0. The molecule has 0 aliphatic carbocycles. The Labute approximate surface area is 344 Å². The van der Waals surface area contributed by atoms with E-state index in [1.165, 1.54) is 14.2 Å². The number of anilines is 1. The third-order valence-corrected chi connectivity index (χ3v) is 11.6. The maximum Gasteiger partial charge on any atom is 0.407 e. The number of benzene rings is 3. The van der Waals surface area contributed by atoms with E-state index in [0.29, 0.717) is 26.2 Å². The molecule has 0 bridgehead atoms. The average molecular weight is 808 g/mol. The third kappa shape index (κ3) is 9.22. The van der Waals surface area contributed by atoms with Gasteiger partial charge in [-0.05, 0) is 85.0 Å². The van der Waals surface area contributed by atoms with E-state index in [4.69, 9.17) is 19.4 Å². The molecule has 4 heterocycles. The van der Waals surface area contributed by atoms with Crippen molar-refractivity contribution in [2.75, 3.05) is 32.2 Å². The van der Waals surface area contributed by atoms with Gasteiger partial charge in [0.15, 0.2) is 0 Å². The highest BCUT2D eigenvalue weighted by atomic mass is 16.6. The molecule has 15 nitrogen and oxygen atoms in total. The smallest absolute Gasteiger partial charge is 0.407 e. The van der Waals surface area contributed by atoms with E-state index in [0.717, 1.165) is 76.2 Å². The molecule has 5 N–H and O–H groups in total. The molecule has 5 aromatic rings. The second-order valence-electron chi connectivity index (χ2n) is 16.4. The molecule has 0 spiro atoms. The summed E-state index contributed by atoms with van der Waals surface area (Å²) in [7, 11) is 2.69. The van der Waals surface area contributed by atoms with Gasteiger partial charge in [0.2, 0.25) is 18.2 Å². The van der Waals surface area contributed by atoms with Crippen molar-refractivity contribution in [2.24, 2.45) is 11.8 Å². The van der Waals surface area contributed by atoms with E-state index in [1.807, 2.05) is 67.8 Å². The van der Waals surface area contributed by atoms with E-state index in [1.54, 1.807) is 0 Å². The quantitative estimate of drug-likeness (QED) is 0.0801. The molecular formula is C44H57N9O6. The minimum atomic E-state index is -1.23. The van der Waals surface area contributed by atoms with Crippen molar-refractivity contribution in [2.45, 2.75) is 97.0 Å². The molecule has 314 valence electrons. The summed E-state index contributed by atoms with van der Waals surface area (Å²) in [5.74, 6) is 1.11. The third-order valence-electron chi connectivity index (χ3n) is 11.6. The van der Waals surface area contributed by atoms with Gasteiger partial charge in [0.05, 0.1) is 47.3 Å². The molecule has 15 heteroatoms. The number of aliphatic hydroxyl groups excluding tert-OH is 1. The fourth-order valence-electron chi connectivity index (χ4n) is 8.44. The number of carbonyl (C=O) groups excluding carboxylic acids is 3. The topological polar surface area (TPSA) is 181 Å². The van der Waals surface area contributed by atoms with E-state index in [2.05, 4.69) is 61.9 Å². The number of imidazole rings is 2. The molecular weight excluding hydrogens is 751 g/mol. The van der Waals surface area contributed by atoms with Crippen LogP contribution in [-0.4, -0.2) is 98.6 Å². The Morgan fingerprint density at radius 1 is 0.780 bits per heavy atom. The van der Waals surface area contributed by atoms with Gasteiger partial charge in [-0.2, -0.15) is 0 Å². The molecule has 2 saturated heterocycles. The number of nitrogens with zero attached hydrogens (tertiary/aromatic N) is 5. The van der Waals surface area contributed by atoms with Crippen LogP contribution >= 0.6 is 0 Å². The zero-order valence-corrected chi connectivity index (χ0v) is 34.8. The largest absolute Gasteiger partial charge is 0.453 e. The Morgan fingerprint density at radius 2 is 1.29 bits per heavy atom. The number of alkyl carbamates (subject to hydrolysis) is 1. The zero-order valence-electron chi connectivity index (χ0n) is 34.8. The number of carbonyl (C=O) groups is 3. The molecule has 2 aliphatic rings. The van der Waals surface area contributed by atoms with Crippen LogP contribution in [0, 0.1) is 11.8 Å². The average Bonchev–Trinajstić information content (AvgIpc) is 4.06. The van der Waals surface area contributed by atoms with Crippen molar-refractivity contribution in [3.8, 4) is 0 Å². The molecule has 0 saturated carbocycles. The highest BCUT2D eigenvalue weighted by molar-refractivity contribution is 5.87. The number of likely N-dealkylation sites (tertiary alicyclic amines) is 2. The minimum absolute atomic E-state index is 0.0554. The monoisotopic (exact) mass is 807 g/mol. The minimum Gasteiger partial charge on any atom is -0.453 e. The van der Waals surface area contributed by atoms with Crippen molar-refractivity contribution in [3.05, 3.63) is 89.5 Å². The van der Waals surface area contributed by atoms with Gasteiger partial charge in [0.25, 0.3) is 0 Å². The highest BCUT2D eigenvalue weighted by Gasteiger charge is 2.39. The number of hydrogen-bond acceptors (Lipinski definition) is 10. The number of methoxy groups -OCH3 is 2. The van der Waals surface area contributed by atoms with E-state index >= 15 is 0 Å². The van der Waals surface area contributed by atoms with Gasteiger partial charge < -0.3 is 44.6 Å². The Balaban J connectivity index is 1.09. The van der Waals surface area contributed by atoms with E-state index < -0.39 is 24.6 Å². The molecule has 7 rings (SSSR count). The second kappa shape index (κ2) is 18.2. The van der Waals surface area contributed by atoms with Gasteiger partial charge in [0.1, 0.15) is 17.7 Å². The van der Waals surface area contributed by atoms with Gasteiger partial charge in [-0.1, -0.05) is 58.0 Å². The number of hydrogen-bond donors (Lipinski definition) is 5. The second-order valence-corrected chi connectivity index (χ2v) is 16.4. The Bertz CT molecular complexity index is 2240. The lowest BCUT2D eigenvalue weighted by atomic mass is 10.0. The molecule has 3 amide bonds. The van der Waals surface area contributed by atoms with Crippen molar-refractivity contribution in [3.63, 3.8) is 0 Å². The lowest BCUT2D eigenvalue weighted by Crippen LogP contribution is -2.52. The Kier molecular flexibility index (Phi) is 12.8. The SMILES string of the molecule is COC(=O)NC(C(=O)N1CCCC1c1nc2ccc(CN(Cc3ccc4nc(C5CCCN5C(=O)C(NC(O)OC)C(C)C)[nH]c4c3)c3ccccc3)cc2[nH]1)C(C)C. The number of aromatic nitrogens is 4. The van der Waals surface area contributed by atoms with Gasteiger partial charge in [-0.25, -0.2) is 14.8 Å². The summed E-state index contributed by atoms with van der Waals surface area (Å²) < 4.78 is 9.78. The number of fused-ring (bicyclic) bond motifs is 2. The van der Waals surface area contributed by atoms with Crippen LogP contribution in [0.25, 0.3) is 22.1 Å². The van der Waals surface area contributed by atoms with Crippen molar-refractivity contribution in [1.82, 2.24) is 40.4 Å². The van der Waals surface area contributed by atoms with Crippen LogP contribution in [0.3, 0.4) is 0 Å². The summed E-state index contributed by atoms with van der Waals surface area (Å²) in [6, 6.07) is 21.1. The van der Waals surface area contributed by atoms with Crippen LogP contribution in [-0.2, 0) is 32.2 Å².